The minimum Gasteiger partial charge on any atom is -0.494 e. The molecule has 0 unspecified atom stereocenters. The Labute approximate surface area is 224 Å². The number of nitrogens with zero attached hydrogens (tertiary/aromatic N) is 4. The summed E-state index contributed by atoms with van der Waals surface area (Å²) in [6.07, 6.45) is 6.92. The number of urea groups is 1. The van der Waals surface area contributed by atoms with E-state index < -0.39 is 0 Å². The summed E-state index contributed by atoms with van der Waals surface area (Å²) in [7, 11) is 3.55. The lowest BCUT2D eigenvalue weighted by Crippen LogP contribution is -2.28. The Bertz CT molecular complexity index is 1590. The van der Waals surface area contributed by atoms with E-state index in [-0.39, 0.29) is 6.03 Å². The van der Waals surface area contributed by atoms with Gasteiger partial charge in [0.15, 0.2) is 5.82 Å². The van der Waals surface area contributed by atoms with Crippen LogP contribution in [0.15, 0.2) is 79.4 Å². The van der Waals surface area contributed by atoms with Gasteiger partial charge in [0, 0.05) is 60.5 Å². The first-order chi connectivity index (χ1) is 18.5. The molecule has 0 spiro atoms. The predicted molar refractivity (Wildman–Crippen MR) is 150 cm³/mol. The first-order valence-corrected chi connectivity index (χ1v) is 12.1. The number of rotatable bonds is 8. The average Bonchev–Trinajstić information content (AvgIpc) is 3.30. The molecule has 5 rings (SSSR count). The molecular weight excluding hydrogens is 504 g/mol. The molecule has 2 aromatic carbocycles. The number of halogens is 1. The van der Waals surface area contributed by atoms with Crippen LogP contribution in [-0.4, -0.2) is 32.7 Å². The second-order valence-electron chi connectivity index (χ2n) is 8.42. The molecule has 5 aromatic rings. The first-order valence-electron chi connectivity index (χ1n) is 11.7. The topological polar surface area (TPSA) is 118 Å². The van der Waals surface area contributed by atoms with Crippen LogP contribution in [0.5, 0.6) is 5.75 Å². The minimum absolute atomic E-state index is 0.325. The fourth-order valence-electron chi connectivity index (χ4n) is 3.86. The van der Waals surface area contributed by atoms with Gasteiger partial charge in [-0.3, -0.25) is 4.98 Å². The van der Waals surface area contributed by atoms with Crippen LogP contribution in [0.4, 0.5) is 33.6 Å². The van der Waals surface area contributed by atoms with Gasteiger partial charge in [-0.15, -0.1) is 0 Å². The number of nitrogens with one attached hydrogen (secondary N) is 4. The monoisotopic (exact) mass is 528 g/mol. The Morgan fingerprint density at radius 3 is 2.74 bits per heavy atom. The van der Waals surface area contributed by atoms with Gasteiger partial charge < -0.3 is 30.6 Å². The summed E-state index contributed by atoms with van der Waals surface area (Å²) >= 11 is 6.37. The van der Waals surface area contributed by atoms with Gasteiger partial charge in [0.05, 0.1) is 19.0 Å². The van der Waals surface area contributed by atoms with Gasteiger partial charge >= 0.3 is 6.03 Å². The molecule has 3 aromatic heterocycles. The standard InChI is InChI=1S/C27H25ClN8O2/c1-36-11-9-18-12-19(6-8-23(18)36)32-25-21(28)16-30-26(35-25)34-22-7-5-20(13-24(22)38-2)33-27(37)31-15-17-4-3-10-29-14-17/h3-14,16H,15H2,1-2H3,(H2,31,33,37)(H2,30,32,34,35). The van der Waals surface area contributed by atoms with E-state index in [0.29, 0.717) is 40.5 Å². The number of anilines is 5. The van der Waals surface area contributed by atoms with Crippen LogP contribution < -0.4 is 26.0 Å². The van der Waals surface area contributed by atoms with Gasteiger partial charge in [-0.05, 0) is 48.0 Å². The first kappa shape index (κ1) is 24.8. The molecule has 0 aliphatic rings. The molecule has 0 aliphatic carbocycles. The largest absolute Gasteiger partial charge is 0.494 e. The van der Waals surface area contributed by atoms with Crippen molar-refractivity contribution in [1.82, 2.24) is 24.8 Å². The zero-order chi connectivity index (χ0) is 26.5. The van der Waals surface area contributed by atoms with Crippen molar-refractivity contribution >= 4 is 57.4 Å². The third-order valence-corrected chi connectivity index (χ3v) is 6.05. The van der Waals surface area contributed by atoms with Crippen LogP contribution in [0.25, 0.3) is 10.9 Å². The van der Waals surface area contributed by atoms with Crippen molar-refractivity contribution in [1.29, 1.82) is 0 Å². The van der Waals surface area contributed by atoms with Gasteiger partial charge in [-0.2, -0.15) is 4.98 Å². The van der Waals surface area contributed by atoms with Crippen LogP contribution in [-0.2, 0) is 13.6 Å². The van der Waals surface area contributed by atoms with Crippen LogP contribution in [0.1, 0.15) is 5.56 Å². The number of pyridine rings is 1. The molecule has 0 aliphatic heterocycles. The lowest BCUT2D eigenvalue weighted by Gasteiger charge is -2.14. The van der Waals surface area contributed by atoms with Crippen molar-refractivity contribution in [3.05, 3.63) is 90.0 Å². The van der Waals surface area contributed by atoms with Gasteiger partial charge in [0.25, 0.3) is 0 Å². The number of amides is 2. The van der Waals surface area contributed by atoms with E-state index in [1.807, 2.05) is 49.6 Å². The number of aryl methyl sites for hydroxylation is 1. The molecule has 0 radical (unpaired) electrons. The highest BCUT2D eigenvalue weighted by Gasteiger charge is 2.12. The van der Waals surface area contributed by atoms with Gasteiger partial charge in [0.2, 0.25) is 5.95 Å². The Hall–Kier alpha value is -4.83. The van der Waals surface area contributed by atoms with E-state index in [2.05, 4.69) is 40.8 Å². The summed E-state index contributed by atoms with van der Waals surface area (Å²) in [6.45, 7) is 0.361. The minimum atomic E-state index is -0.345. The molecule has 0 atom stereocenters. The van der Waals surface area contributed by atoms with Crippen LogP contribution >= 0.6 is 11.6 Å². The summed E-state index contributed by atoms with van der Waals surface area (Å²) in [5, 5.41) is 13.5. The van der Waals surface area contributed by atoms with Crippen molar-refractivity contribution in [2.45, 2.75) is 6.54 Å². The van der Waals surface area contributed by atoms with Gasteiger partial charge in [0.1, 0.15) is 10.8 Å². The molecule has 0 saturated heterocycles. The zero-order valence-corrected chi connectivity index (χ0v) is 21.5. The average molecular weight is 529 g/mol. The van der Waals surface area contributed by atoms with Crippen molar-refractivity contribution in [2.75, 3.05) is 23.1 Å². The van der Waals surface area contributed by atoms with Crippen LogP contribution in [0, 0.1) is 0 Å². The zero-order valence-electron chi connectivity index (χ0n) is 20.7. The molecule has 3 heterocycles. The fraction of sp³-hybridized carbons (Fsp3) is 0.111. The number of ether oxygens (including phenoxy) is 1. The Balaban J connectivity index is 1.27. The summed E-state index contributed by atoms with van der Waals surface area (Å²) in [5.74, 6) is 1.28. The molecule has 38 heavy (non-hydrogen) atoms. The van der Waals surface area contributed by atoms with E-state index in [9.17, 15) is 4.79 Å². The van der Waals surface area contributed by atoms with Crippen molar-refractivity contribution in [3.63, 3.8) is 0 Å². The molecule has 192 valence electrons. The van der Waals surface area contributed by atoms with Gasteiger partial charge in [-0.25, -0.2) is 9.78 Å². The molecule has 10 nitrogen and oxygen atoms in total. The summed E-state index contributed by atoms with van der Waals surface area (Å²) in [5.41, 5.74) is 4.06. The molecule has 0 bridgehead atoms. The van der Waals surface area contributed by atoms with Crippen molar-refractivity contribution in [2.24, 2.45) is 7.05 Å². The highest BCUT2D eigenvalue weighted by Crippen LogP contribution is 2.31. The lowest BCUT2D eigenvalue weighted by molar-refractivity contribution is 0.251. The van der Waals surface area contributed by atoms with E-state index >= 15 is 0 Å². The van der Waals surface area contributed by atoms with Crippen LogP contribution in [0.3, 0.4) is 0 Å². The molecule has 4 N–H and O–H groups in total. The van der Waals surface area contributed by atoms with Crippen molar-refractivity contribution in [3.8, 4) is 5.75 Å². The second-order valence-corrected chi connectivity index (χ2v) is 8.83. The Morgan fingerprint density at radius 1 is 1.05 bits per heavy atom. The molecule has 11 heteroatoms. The second kappa shape index (κ2) is 11.1. The number of carbonyl (C=O) groups is 1. The van der Waals surface area contributed by atoms with E-state index in [1.165, 1.54) is 6.20 Å². The lowest BCUT2D eigenvalue weighted by atomic mass is 10.2. The van der Waals surface area contributed by atoms with Gasteiger partial charge in [-0.1, -0.05) is 17.7 Å². The smallest absolute Gasteiger partial charge is 0.319 e. The summed E-state index contributed by atoms with van der Waals surface area (Å²) in [4.78, 5) is 25.2. The Morgan fingerprint density at radius 2 is 1.92 bits per heavy atom. The number of benzene rings is 2. The fourth-order valence-corrected chi connectivity index (χ4v) is 4.00. The van der Waals surface area contributed by atoms with E-state index in [1.54, 1.807) is 37.7 Å². The maximum atomic E-state index is 12.3. The number of methoxy groups -OCH3 is 1. The maximum Gasteiger partial charge on any atom is 0.319 e. The highest BCUT2D eigenvalue weighted by molar-refractivity contribution is 6.32. The number of hydrogen-bond donors (Lipinski definition) is 4. The normalized spacial score (nSPS) is 10.7. The number of carbonyl (C=O) groups excluding carboxylic acids is 1. The highest BCUT2D eigenvalue weighted by atomic mass is 35.5. The molecule has 0 fully saturated rings. The number of hydrogen-bond acceptors (Lipinski definition) is 7. The van der Waals surface area contributed by atoms with Crippen LogP contribution in [0.2, 0.25) is 5.02 Å². The Kier molecular flexibility index (Phi) is 7.23. The quantitative estimate of drug-likeness (QED) is 0.200. The molecule has 2 amide bonds. The molecular formula is C27H25ClN8O2. The van der Waals surface area contributed by atoms with Crippen molar-refractivity contribution < 1.29 is 9.53 Å². The third-order valence-electron chi connectivity index (χ3n) is 5.77. The third kappa shape index (κ3) is 5.76. The number of aromatic nitrogens is 4. The van der Waals surface area contributed by atoms with E-state index in [0.717, 1.165) is 22.2 Å². The SMILES string of the molecule is COc1cc(NC(=O)NCc2cccnc2)ccc1Nc1ncc(Cl)c(Nc2ccc3c(ccn3C)c2)n1. The summed E-state index contributed by atoms with van der Waals surface area (Å²) in [6, 6.07) is 16.7. The molecule has 0 saturated carbocycles. The van der Waals surface area contributed by atoms with E-state index in [4.69, 9.17) is 16.3 Å². The summed E-state index contributed by atoms with van der Waals surface area (Å²) < 4.78 is 7.58. The predicted octanol–water partition coefficient (Wildman–Crippen LogP) is 5.83. The maximum absolute atomic E-state index is 12.3. The number of fused-ring (bicyclic) bond motifs is 1.